The van der Waals surface area contributed by atoms with E-state index in [4.69, 9.17) is 5.73 Å². The number of rotatable bonds is 7. The van der Waals surface area contributed by atoms with Crippen LogP contribution in [0.2, 0.25) is 0 Å². The first kappa shape index (κ1) is 14.9. The molecule has 0 aliphatic carbocycles. The molecule has 1 aromatic carbocycles. The average molecular weight is 268 g/mol. The normalized spacial score (nSPS) is 13.9. The molecule has 0 saturated carbocycles. The maximum atomic E-state index is 11.6. The zero-order valence-electron chi connectivity index (χ0n) is 10.6. The predicted molar refractivity (Wildman–Crippen MR) is 74.7 cm³/mol. The van der Waals surface area contributed by atoms with Crippen LogP contribution in [0, 0.1) is 0 Å². The molecule has 0 saturated heterocycles. The molecule has 3 N–H and O–H groups in total. The van der Waals surface area contributed by atoms with Gasteiger partial charge >= 0.3 is 0 Å². The minimum absolute atomic E-state index is 0.170. The van der Waals surface area contributed by atoms with Gasteiger partial charge in [-0.15, -0.1) is 0 Å². The highest BCUT2D eigenvalue weighted by atomic mass is 32.2. The fourth-order valence-corrected chi connectivity index (χ4v) is 1.94. The minimum atomic E-state index is -0.884. The fraction of sp³-hybridized carbons (Fsp3) is 0.462. The van der Waals surface area contributed by atoms with Crippen LogP contribution in [0.3, 0.4) is 0 Å². The summed E-state index contributed by atoms with van der Waals surface area (Å²) in [5, 5.41) is 2.69. The van der Waals surface area contributed by atoms with Crippen molar-refractivity contribution in [3.05, 3.63) is 35.9 Å². The molecule has 2 atom stereocenters. The van der Waals surface area contributed by atoms with Crippen LogP contribution in [-0.4, -0.2) is 34.7 Å². The van der Waals surface area contributed by atoms with Gasteiger partial charge in [-0.25, -0.2) is 0 Å². The number of hydrogen-bond acceptors (Lipinski definition) is 3. The van der Waals surface area contributed by atoms with E-state index in [9.17, 15) is 9.00 Å². The summed E-state index contributed by atoms with van der Waals surface area (Å²) in [6.45, 7) is 0.418. The lowest BCUT2D eigenvalue weighted by atomic mass is 10.1. The molecular weight excluding hydrogens is 248 g/mol. The summed E-state index contributed by atoms with van der Waals surface area (Å²) < 4.78 is 10.8. The predicted octanol–water partition coefficient (Wildman–Crippen LogP) is 0.441. The lowest BCUT2D eigenvalue weighted by Gasteiger charge is -2.11. The van der Waals surface area contributed by atoms with Gasteiger partial charge in [-0.3, -0.25) is 9.00 Å². The first-order chi connectivity index (χ1) is 8.59. The standard InChI is InChI=1S/C13H20N2O2S/c1-18(17)10-9-15-13(16)12(14)8-7-11-5-3-2-4-6-11/h2-6,12H,7-10,14H2,1H3,(H,15,16)/t12-,18?/m0/s1. The molecule has 0 aromatic heterocycles. The van der Waals surface area contributed by atoms with Crippen molar-refractivity contribution in [3.8, 4) is 0 Å². The molecule has 0 radical (unpaired) electrons. The van der Waals surface area contributed by atoms with Crippen LogP contribution in [0.1, 0.15) is 12.0 Å². The summed E-state index contributed by atoms with van der Waals surface area (Å²) in [4.78, 5) is 11.6. The topological polar surface area (TPSA) is 72.2 Å². The maximum absolute atomic E-state index is 11.6. The van der Waals surface area contributed by atoms with Crippen molar-refractivity contribution < 1.29 is 9.00 Å². The molecule has 0 bridgehead atoms. The van der Waals surface area contributed by atoms with Crippen LogP contribution in [0.5, 0.6) is 0 Å². The van der Waals surface area contributed by atoms with Crippen LogP contribution in [0.4, 0.5) is 0 Å². The van der Waals surface area contributed by atoms with Crippen LogP contribution in [-0.2, 0) is 22.0 Å². The third-order valence-corrected chi connectivity index (χ3v) is 3.39. The van der Waals surface area contributed by atoms with Gasteiger partial charge in [-0.05, 0) is 18.4 Å². The van der Waals surface area contributed by atoms with Gasteiger partial charge in [0.25, 0.3) is 0 Å². The van der Waals surface area contributed by atoms with Crippen LogP contribution < -0.4 is 11.1 Å². The van der Waals surface area contributed by atoms with Gasteiger partial charge in [0, 0.05) is 29.4 Å². The highest BCUT2D eigenvalue weighted by Crippen LogP contribution is 2.03. The molecule has 0 spiro atoms. The second-order valence-electron chi connectivity index (χ2n) is 4.20. The number of nitrogens with two attached hydrogens (primary N) is 1. The van der Waals surface area contributed by atoms with E-state index in [1.54, 1.807) is 6.26 Å². The Balaban J connectivity index is 2.25. The van der Waals surface area contributed by atoms with E-state index in [0.29, 0.717) is 18.7 Å². The van der Waals surface area contributed by atoms with E-state index in [1.807, 2.05) is 30.3 Å². The quantitative estimate of drug-likeness (QED) is 0.754. The lowest BCUT2D eigenvalue weighted by molar-refractivity contribution is -0.122. The van der Waals surface area contributed by atoms with Crippen molar-refractivity contribution in [3.63, 3.8) is 0 Å². The Morgan fingerprint density at radius 2 is 2.06 bits per heavy atom. The van der Waals surface area contributed by atoms with Gasteiger partial charge in [0.1, 0.15) is 0 Å². The summed E-state index contributed by atoms with van der Waals surface area (Å²) in [6.07, 6.45) is 3.02. The summed E-state index contributed by atoms with van der Waals surface area (Å²) >= 11 is 0. The molecule has 5 heteroatoms. The van der Waals surface area contributed by atoms with Crippen molar-refractivity contribution >= 4 is 16.7 Å². The highest BCUT2D eigenvalue weighted by molar-refractivity contribution is 7.84. The van der Waals surface area contributed by atoms with Gasteiger partial charge in [0.05, 0.1) is 6.04 Å². The first-order valence-corrected chi connectivity index (χ1v) is 7.69. The van der Waals surface area contributed by atoms with Crippen molar-refractivity contribution in [2.75, 3.05) is 18.6 Å². The Bertz CT molecular complexity index is 395. The van der Waals surface area contributed by atoms with Gasteiger partial charge in [0.15, 0.2) is 0 Å². The zero-order chi connectivity index (χ0) is 13.4. The smallest absolute Gasteiger partial charge is 0.236 e. The molecule has 1 aromatic rings. The minimum Gasteiger partial charge on any atom is -0.354 e. The second kappa shape index (κ2) is 8.00. The molecule has 100 valence electrons. The van der Waals surface area contributed by atoms with E-state index >= 15 is 0 Å². The number of benzene rings is 1. The molecule has 1 rings (SSSR count). The van der Waals surface area contributed by atoms with E-state index in [0.717, 1.165) is 6.42 Å². The third kappa shape index (κ3) is 5.93. The van der Waals surface area contributed by atoms with Crippen molar-refractivity contribution in [2.24, 2.45) is 5.73 Å². The Morgan fingerprint density at radius 3 is 2.67 bits per heavy atom. The average Bonchev–Trinajstić information content (AvgIpc) is 2.36. The number of hydrogen-bond donors (Lipinski definition) is 2. The molecule has 0 aliphatic heterocycles. The molecule has 0 aliphatic rings. The molecule has 4 nitrogen and oxygen atoms in total. The molecule has 0 heterocycles. The summed E-state index contributed by atoms with van der Waals surface area (Å²) in [5.74, 6) is 0.299. The van der Waals surface area contributed by atoms with Crippen LogP contribution in [0.25, 0.3) is 0 Å². The number of carbonyl (C=O) groups is 1. The zero-order valence-corrected chi connectivity index (χ0v) is 11.4. The number of aryl methyl sites for hydroxylation is 1. The fourth-order valence-electron chi connectivity index (χ4n) is 1.55. The van der Waals surface area contributed by atoms with Gasteiger partial charge in [0.2, 0.25) is 5.91 Å². The van der Waals surface area contributed by atoms with Gasteiger partial charge < -0.3 is 11.1 Å². The van der Waals surface area contributed by atoms with E-state index in [2.05, 4.69) is 5.32 Å². The number of nitrogens with one attached hydrogen (secondary N) is 1. The lowest BCUT2D eigenvalue weighted by Crippen LogP contribution is -2.42. The van der Waals surface area contributed by atoms with Crippen LogP contribution >= 0.6 is 0 Å². The summed E-state index contributed by atoms with van der Waals surface area (Å²) in [7, 11) is -0.884. The summed E-state index contributed by atoms with van der Waals surface area (Å²) in [6, 6.07) is 9.43. The van der Waals surface area contributed by atoms with Gasteiger partial charge in [-0.2, -0.15) is 0 Å². The number of carbonyl (C=O) groups excluding carboxylic acids is 1. The van der Waals surface area contributed by atoms with Crippen molar-refractivity contribution in [2.45, 2.75) is 18.9 Å². The first-order valence-electron chi connectivity index (χ1n) is 5.97. The van der Waals surface area contributed by atoms with E-state index < -0.39 is 16.8 Å². The monoisotopic (exact) mass is 268 g/mol. The third-order valence-electron chi connectivity index (χ3n) is 2.61. The van der Waals surface area contributed by atoms with Gasteiger partial charge in [-0.1, -0.05) is 30.3 Å². The van der Waals surface area contributed by atoms with E-state index in [1.165, 1.54) is 5.56 Å². The molecular formula is C13H20N2O2S. The molecule has 0 fully saturated rings. The van der Waals surface area contributed by atoms with Crippen molar-refractivity contribution in [1.82, 2.24) is 5.32 Å². The highest BCUT2D eigenvalue weighted by Gasteiger charge is 2.12. The largest absolute Gasteiger partial charge is 0.354 e. The number of amides is 1. The Hall–Kier alpha value is -1.20. The van der Waals surface area contributed by atoms with Crippen molar-refractivity contribution in [1.29, 1.82) is 0 Å². The maximum Gasteiger partial charge on any atom is 0.236 e. The Kier molecular flexibility index (Phi) is 6.60. The second-order valence-corrected chi connectivity index (χ2v) is 5.75. The summed E-state index contributed by atoms with van der Waals surface area (Å²) in [5.41, 5.74) is 6.97. The van der Waals surface area contributed by atoms with Crippen LogP contribution in [0.15, 0.2) is 30.3 Å². The Morgan fingerprint density at radius 1 is 1.39 bits per heavy atom. The SMILES string of the molecule is CS(=O)CCNC(=O)[C@@H](N)CCc1ccccc1. The molecule has 1 unspecified atom stereocenters. The molecule has 18 heavy (non-hydrogen) atoms. The van der Waals surface area contributed by atoms with E-state index in [-0.39, 0.29) is 5.91 Å². The molecule has 1 amide bonds. The Labute approximate surface area is 110 Å².